The van der Waals surface area contributed by atoms with Gasteiger partial charge in [0.1, 0.15) is 0 Å². The lowest BCUT2D eigenvalue weighted by Gasteiger charge is -2.16. The van der Waals surface area contributed by atoms with Gasteiger partial charge in [-0.15, -0.1) is 0 Å². The molecule has 0 spiro atoms. The Hall–Kier alpha value is -2.14. The first-order chi connectivity index (χ1) is 7.52. The van der Waals surface area contributed by atoms with Crippen LogP contribution in [0.15, 0.2) is 42.0 Å². The molecule has 1 aromatic rings. The summed E-state index contributed by atoms with van der Waals surface area (Å²) in [5, 5.41) is 9.41. The number of rotatable bonds is 3. The van der Waals surface area contributed by atoms with Crippen molar-refractivity contribution in [3.63, 3.8) is 0 Å². The van der Waals surface area contributed by atoms with Gasteiger partial charge in [-0.1, -0.05) is 18.2 Å². The van der Waals surface area contributed by atoms with E-state index in [0.29, 0.717) is 5.69 Å². The zero-order valence-electron chi connectivity index (χ0n) is 8.75. The number of hydrazine groups is 1. The van der Waals surface area contributed by atoms with Gasteiger partial charge in [0.15, 0.2) is 0 Å². The lowest BCUT2D eigenvalue weighted by molar-refractivity contribution is -0.131. The molecular formula is C11H12N2O3. The number of hydrogen-bond donors (Lipinski definition) is 2. The minimum absolute atomic E-state index is 0.0684. The smallest absolute Gasteiger partial charge is 0.328 e. The van der Waals surface area contributed by atoms with Gasteiger partial charge >= 0.3 is 5.97 Å². The number of aliphatic carboxylic acids is 1. The average molecular weight is 220 g/mol. The topological polar surface area (TPSA) is 83.6 Å². The fourth-order valence-corrected chi connectivity index (χ4v) is 1.14. The molecule has 1 rings (SSSR count). The number of anilines is 1. The second-order valence-electron chi connectivity index (χ2n) is 3.18. The maximum atomic E-state index is 11.6. The molecule has 0 atom stereocenters. The third kappa shape index (κ3) is 2.93. The Morgan fingerprint density at radius 2 is 1.88 bits per heavy atom. The standard InChI is InChI=1S/C11H12N2O3/c1-8(7-10(14)15)11(16)13(12)9-5-3-2-4-6-9/h2-7H,12H2,1H3,(H,14,15). The normalized spacial score (nSPS) is 11.0. The monoisotopic (exact) mass is 220 g/mol. The van der Waals surface area contributed by atoms with Gasteiger partial charge in [-0.05, 0) is 19.1 Å². The highest BCUT2D eigenvalue weighted by atomic mass is 16.4. The highest BCUT2D eigenvalue weighted by Crippen LogP contribution is 2.11. The molecule has 16 heavy (non-hydrogen) atoms. The van der Waals surface area contributed by atoms with E-state index in [1.165, 1.54) is 6.92 Å². The Bertz CT molecular complexity index is 426. The largest absolute Gasteiger partial charge is 0.478 e. The molecule has 0 aliphatic heterocycles. The number of benzene rings is 1. The van der Waals surface area contributed by atoms with Gasteiger partial charge in [-0.25, -0.2) is 15.6 Å². The van der Waals surface area contributed by atoms with E-state index in [0.717, 1.165) is 11.1 Å². The van der Waals surface area contributed by atoms with Crippen molar-refractivity contribution in [1.82, 2.24) is 0 Å². The number of carboxylic acids is 1. The Balaban J connectivity index is 2.87. The number of carbonyl (C=O) groups is 2. The third-order valence-electron chi connectivity index (χ3n) is 1.93. The average Bonchev–Trinajstić information content (AvgIpc) is 2.27. The number of hydrogen-bond acceptors (Lipinski definition) is 3. The minimum atomic E-state index is -1.17. The van der Waals surface area contributed by atoms with Crippen LogP contribution in [0.1, 0.15) is 6.92 Å². The molecule has 3 N–H and O–H groups in total. The second-order valence-corrected chi connectivity index (χ2v) is 3.18. The van der Waals surface area contributed by atoms with Gasteiger partial charge < -0.3 is 5.11 Å². The van der Waals surface area contributed by atoms with Crippen LogP contribution in [0.3, 0.4) is 0 Å². The third-order valence-corrected chi connectivity index (χ3v) is 1.93. The van der Waals surface area contributed by atoms with E-state index < -0.39 is 11.9 Å². The van der Waals surface area contributed by atoms with Crippen LogP contribution in [-0.2, 0) is 9.59 Å². The fourth-order valence-electron chi connectivity index (χ4n) is 1.14. The summed E-state index contributed by atoms with van der Waals surface area (Å²) in [5.74, 6) is 3.84. The van der Waals surface area contributed by atoms with Crippen LogP contribution in [-0.4, -0.2) is 17.0 Å². The molecule has 84 valence electrons. The van der Waals surface area contributed by atoms with Crippen molar-refractivity contribution in [1.29, 1.82) is 0 Å². The molecule has 0 aliphatic rings. The molecule has 0 aromatic heterocycles. The van der Waals surface area contributed by atoms with Crippen LogP contribution in [0.2, 0.25) is 0 Å². The molecule has 5 heteroatoms. The minimum Gasteiger partial charge on any atom is -0.478 e. The van der Waals surface area contributed by atoms with E-state index in [4.69, 9.17) is 10.9 Å². The lowest BCUT2D eigenvalue weighted by Crippen LogP contribution is -2.38. The van der Waals surface area contributed by atoms with Crippen LogP contribution in [0.25, 0.3) is 0 Å². The summed E-state index contributed by atoms with van der Waals surface area (Å²) in [6.07, 6.45) is 0.825. The van der Waals surface area contributed by atoms with E-state index in [2.05, 4.69) is 0 Å². The molecule has 1 aromatic carbocycles. The first-order valence-electron chi connectivity index (χ1n) is 4.58. The molecule has 5 nitrogen and oxygen atoms in total. The Morgan fingerprint density at radius 3 is 2.38 bits per heavy atom. The van der Waals surface area contributed by atoms with Crippen LogP contribution in [0, 0.1) is 0 Å². The lowest BCUT2D eigenvalue weighted by atomic mass is 10.2. The molecule has 0 heterocycles. The van der Waals surface area contributed by atoms with E-state index in [-0.39, 0.29) is 5.57 Å². The summed E-state index contributed by atoms with van der Waals surface area (Å²) >= 11 is 0. The molecular weight excluding hydrogens is 208 g/mol. The highest BCUT2D eigenvalue weighted by Gasteiger charge is 2.13. The second kappa shape index (κ2) is 5.09. The van der Waals surface area contributed by atoms with Crippen molar-refractivity contribution in [3.8, 4) is 0 Å². The molecule has 0 radical (unpaired) electrons. The number of carboxylic acid groups (broad SMARTS) is 1. The summed E-state index contributed by atoms with van der Waals surface area (Å²) in [6, 6.07) is 8.58. The zero-order valence-corrected chi connectivity index (χ0v) is 8.75. The maximum absolute atomic E-state index is 11.6. The first-order valence-corrected chi connectivity index (χ1v) is 4.58. The van der Waals surface area contributed by atoms with Crippen molar-refractivity contribution < 1.29 is 14.7 Å². The SMILES string of the molecule is CC(=CC(=O)O)C(=O)N(N)c1ccccc1. The molecule has 0 fully saturated rings. The van der Waals surface area contributed by atoms with E-state index in [1.807, 2.05) is 0 Å². The summed E-state index contributed by atoms with van der Waals surface area (Å²) in [5.41, 5.74) is 0.574. The number of nitrogens with two attached hydrogens (primary N) is 1. The van der Waals surface area contributed by atoms with Crippen molar-refractivity contribution in [2.24, 2.45) is 5.84 Å². The predicted molar refractivity (Wildman–Crippen MR) is 59.5 cm³/mol. The van der Waals surface area contributed by atoms with Crippen molar-refractivity contribution in [3.05, 3.63) is 42.0 Å². The number of nitrogens with zero attached hydrogens (tertiary/aromatic N) is 1. The quantitative estimate of drug-likeness (QED) is 0.343. The van der Waals surface area contributed by atoms with Crippen molar-refractivity contribution in [2.75, 3.05) is 5.01 Å². The zero-order chi connectivity index (χ0) is 12.1. The first kappa shape index (κ1) is 11.9. The van der Waals surface area contributed by atoms with Crippen molar-refractivity contribution in [2.45, 2.75) is 6.92 Å². The van der Waals surface area contributed by atoms with E-state index in [9.17, 15) is 9.59 Å². The fraction of sp³-hybridized carbons (Fsp3) is 0.0909. The maximum Gasteiger partial charge on any atom is 0.328 e. The molecule has 1 amide bonds. The van der Waals surface area contributed by atoms with Gasteiger partial charge in [0, 0.05) is 11.6 Å². The summed E-state index contributed by atoms with van der Waals surface area (Å²) in [7, 11) is 0. The molecule has 0 saturated carbocycles. The van der Waals surface area contributed by atoms with Crippen molar-refractivity contribution >= 4 is 17.6 Å². The molecule has 0 bridgehead atoms. The van der Waals surface area contributed by atoms with Crippen LogP contribution >= 0.6 is 0 Å². The van der Waals surface area contributed by atoms with E-state index in [1.54, 1.807) is 30.3 Å². The number of amides is 1. The molecule has 0 unspecified atom stereocenters. The Morgan fingerprint density at radius 1 is 1.31 bits per heavy atom. The van der Waals surface area contributed by atoms with Gasteiger partial charge in [0.05, 0.1) is 5.69 Å². The summed E-state index contributed by atoms with van der Waals surface area (Å²) < 4.78 is 0. The van der Waals surface area contributed by atoms with Gasteiger partial charge in [-0.2, -0.15) is 0 Å². The van der Waals surface area contributed by atoms with Crippen LogP contribution in [0.5, 0.6) is 0 Å². The highest BCUT2D eigenvalue weighted by molar-refractivity contribution is 6.07. The van der Waals surface area contributed by atoms with Gasteiger partial charge in [-0.3, -0.25) is 4.79 Å². The summed E-state index contributed by atoms with van der Waals surface area (Å²) in [6.45, 7) is 1.40. The Kier molecular flexibility index (Phi) is 3.79. The number of carbonyl (C=O) groups excluding carboxylic acids is 1. The Labute approximate surface area is 92.8 Å². The molecule has 0 saturated heterocycles. The van der Waals surface area contributed by atoms with Gasteiger partial charge in [0.2, 0.25) is 0 Å². The van der Waals surface area contributed by atoms with Crippen LogP contribution < -0.4 is 10.9 Å². The number of para-hydroxylation sites is 1. The predicted octanol–water partition coefficient (Wildman–Crippen LogP) is 0.924. The van der Waals surface area contributed by atoms with Crippen LogP contribution in [0.4, 0.5) is 5.69 Å². The molecule has 0 aliphatic carbocycles. The summed E-state index contributed by atoms with van der Waals surface area (Å²) in [4.78, 5) is 22.0. The van der Waals surface area contributed by atoms with E-state index >= 15 is 0 Å². The van der Waals surface area contributed by atoms with Gasteiger partial charge in [0.25, 0.3) is 5.91 Å².